The molecule has 7 heteroatoms. The fraction of sp³-hybridized carbons (Fsp3) is 0.417. The Morgan fingerprint density at radius 2 is 2.05 bits per heavy atom. The summed E-state index contributed by atoms with van der Waals surface area (Å²) >= 11 is 1.93. The van der Waals surface area contributed by atoms with Crippen LogP contribution in [0.5, 0.6) is 0 Å². The van der Waals surface area contributed by atoms with Gasteiger partial charge in [-0.1, -0.05) is 0 Å². The Bertz CT molecular complexity index is 491. The number of hydrogen-bond donors (Lipinski definition) is 0. The first-order chi connectivity index (χ1) is 8.86. The number of amides is 1. The summed E-state index contributed by atoms with van der Waals surface area (Å²) < 4.78 is 0.566. The summed E-state index contributed by atoms with van der Waals surface area (Å²) in [7, 11) is 3.41. The van der Waals surface area contributed by atoms with Gasteiger partial charge in [0, 0.05) is 32.4 Å². The number of likely N-dealkylation sites (N-methyl/N-ethyl adjacent to an activating group) is 2. The summed E-state index contributed by atoms with van der Waals surface area (Å²) in [5.74, 6) is -0.00443. The highest BCUT2D eigenvalue weighted by Gasteiger charge is 2.16. The van der Waals surface area contributed by atoms with Gasteiger partial charge in [0.2, 0.25) is 5.91 Å². The number of anilines is 1. The molecule has 1 amide bonds. The molecule has 0 spiro atoms. The van der Waals surface area contributed by atoms with Gasteiger partial charge in [-0.05, 0) is 41.6 Å². The van der Waals surface area contributed by atoms with Crippen molar-refractivity contribution in [2.24, 2.45) is 0 Å². The summed E-state index contributed by atoms with van der Waals surface area (Å²) in [6.45, 7) is 2.86. The summed E-state index contributed by atoms with van der Waals surface area (Å²) in [6, 6.07) is 4.87. The smallest absolute Gasteiger partial charge is 0.282 e. The van der Waals surface area contributed by atoms with Gasteiger partial charge in [-0.2, -0.15) is 0 Å². The third-order valence-corrected chi connectivity index (χ3v) is 3.56. The van der Waals surface area contributed by atoms with Crippen molar-refractivity contribution in [2.45, 2.75) is 6.92 Å². The van der Waals surface area contributed by atoms with Crippen LogP contribution in [0.25, 0.3) is 0 Å². The van der Waals surface area contributed by atoms with E-state index >= 15 is 0 Å². The molecule has 0 N–H and O–H groups in total. The Kier molecular flexibility index (Phi) is 5.52. The fourth-order valence-electron chi connectivity index (χ4n) is 1.53. The Labute approximate surface area is 125 Å². The molecule has 0 aliphatic heterocycles. The first-order valence-electron chi connectivity index (χ1n) is 5.75. The van der Waals surface area contributed by atoms with Crippen LogP contribution in [-0.2, 0) is 4.79 Å². The van der Waals surface area contributed by atoms with Gasteiger partial charge in [-0.3, -0.25) is 14.9 Å². The van der Waals surface area contributed by atoms with Crippen molar-refractivity contribution in [1.29, 1.82) is 0 Å². The van der Waals surface area contributed by atoms with Gasteiger partial charge in [-0.25, -0.2) is 0 Å². The number of carbonyl (C=O) groups excluding carboxylic acids is 1. The first-order valence-corrected chi connectivity index (χ1v) is 6.83. The Morgan fingerprint density at radius 1 is 1.42 bits per heavy atom. The molecule has 0 saturated carbocycles. The van der Waals surface area contributed by atoms with Crippen molar-refractivity contribution >= 4 is 39.9 Å². The lowest BCUT2D eigenvalue weighted by molar-refractivity contribution is -0.385. The highest BCUT2D eigenvalue weighted by Crippen LogP contribution is 2.26. The molecule has 1 aromatic carbocycles. The van der Waals surface area contributed by atoms with E-state index in [4.69, 9.17) is 0 Å². The fourth-order valence-corrected chi connectivity index (χ4v) is 2.23. The molecule has 0 heterocycles. The molecule has 0 fully saturated rings. The van der Waals surface area contributed by atoms with E-state index in [9.17, 15) is 14.9 Å². The number of hydrogen-bond acceptors (Lipinski definition) is 4. The van der Waals surface area contributed by atoms with Gasteiger partial charge in [0.15, 0.2) is 0 Å². The number of carbonyl (C=O) groups is 1. The lowest BCUT2D eigenvalue weighted by Crippen LogP contribution is -2.36. The number of nitro benzene ring substituents is 1. The normalized spacial score (nSPS) is 10.1. The second kappa shape index (κ2) is 6.69. The van der Waals surface area contributed by atoms with E-state index in [1.54, 1.807) is 26.2 Å². The maximum absolute atomic E-state index is 11.7. The van der Waals surface area contributed by atoms with Crippen LogP contribution in [0.15, 0.2) is 18.2 Å². The van der Waals surface area contributed by atoms with Gasteiger partial charge in [0.1, 0.15) is 0 Å². The minimum absolute atomic E-state index is 0.00443. The van der Waals surface area contributed by atoms with E-state index < -0.39 is 4.92 Å². The maximum atomic E-state index is 11.7. The zero-order valence-electron chi connectivity index (χ0n) is 11.1. The molecule has 1 rings (SSSR count). The molecule has 0 saturated heterocycles. The maximum Gasteiger partial charge on any atom is 0.282 e. The molecule has 0 unspecified atom stereocenters. The van der Waals surface area contributed by atoms with E-state index in [1.165, 1.54) is 11.0 Å². The van der Waals surface area contributed by atoms with Crippen LogP contribution in [0.1, 0.15) is 6.92 Å². The van der Waals surface area contributed by atoms with E-state index in [1.807, 2.05) is 34.4 Å². The van der Waals surface area contributed by atoms with E-state index in [-0.39, 0.29) is 18.1 Å². The Hall–Kier alpha value is -1.38. The van der Waals surface area contributed by atoms with Gasteiger partial charge >= 0.3 is 0 Å². The topological polar surface area (TPSA) is 66.7 Å². The SMILES string of the molecule is CCN(CC(=O)N(C)C)c1ccc([N+](=O)[O-])c(I)c1. The quantitative estimate of drug-likeness (QED) is 0.448. The molecule has 0 aliphatic carbocycles. The van der Waals surface area contributed by atoms with E-state index in [0.717, 1.165) is 5.69 Å². The summed E-state index contributed by atoms with van der Waals surface area (Å²) in [5.41, 5.74) is 0.895. The number of benzene rings is 1. The molecule has 0 radical (unpaired) electrons. The average Bonchev–Trinajstić information content (AvgIpc) is 2.34. The third kappa shape index (κ3) is 4.05. The molecule has 19 heavy (non-hydrogen) atoms. The van der Waals surface area contributed by atoms with Crippen molar-refractivity contribution in [2.75, 3.05) is 32.1 Å². The highest BCUT2D eigenvalue weighted by atomic mass is 127. The minimum Gasteiger partial charge on any atom is -0.362 e. The van der Waals surface area contributed by atoms with Gasteiger partial charge in [-0.15, -0.1) is 0 Å². The van der Waals surface area contributed by atoms with Crippen LogP contribution < -0.4 is 4.90 Å². The second-order valence-electron chi connectivity index (χ2n) is 4.20. The molecule has 1 aromatic rings. The van der Waals surface area contributed by atoms with Crippen LogP contribution in [0, 0.1) is 13.7 Å². The number of nitro groups is 1. The Morgan fingerprint density at radius 3 is 2.47 bits per heavy atom. The third-order valence-electron chi connectivity index (χ3n) is 2.70. The van der Waals surface area contributed by atoms with E-state index in [0.29, 0.717) is 10.1 Å². The van der Waals surface area contributed by atoms with Crippen molar-refractivity contribution in [3.63, 3.8) is 0 Å². The van der Waals surface area contributed by atoms with Crippen LogP contribution in [0.2, 0.25) is 0 Å². The largest absolute Gasteiger partial charge is 0.362 e. The molecule has 0 bridgehead atoms. The summed E-state index contributed by atoms with van der Waals surface area (Å²) in [6.07, 6.45) is 0. The average molecular weight is 377 g/mol. The number of nitrogens with zero attached hydrogens (tertiary/aromatic N) is 3. The first kappa shape index (κ1) is 15.7. The summed E-state index contributed by atoms with van der Waals surface area (Å²) in [4.78, 5) is 25.5. The monoisotopic (exact) mass is 377 g/mol. The zero-order valence-corrected chi connectivity index (χ0v) is 13.2. The number of rotatable bonds is 5. The van der Waals surface area contributed by atoms with Crippen LogP contribution in [-0.4, -0.2) is 42.9 Å². The van der Waals surface area contributed by atoms with Gasteiger partial charge in [0.25, 0.3) is 5.69 Å². The lowest BCUT2D eigenvalue weighted by atomic mass is 10.2. The molecular weight excluding hydrogens is 361 g/mol. The molecule has 0 aliphatic rings. The second-order valence-corrected chi connectivity index (χ2v) is 5.36. The highest BCUT2D eigenvalue weighted by molar-refractivity contribution is 14.1. The molecule has 0 aromatic heterocycles. The van der Waals surface area contributed by atoms with Gasteiger partial charge in [0.05, 0.1) is 15.0 Å². The van der Waals surface area contributed by atoms with Crippen LogP contribution in [0.3, 0.4) is 0 Å². The Balaban J connectivity index is 2.97. The predicted molar refractivity (Wildman–Crippen MR) is 82.4 cm³/mol. The van der Waals surface area contributed by atoms with E-state index in [2.05, 4.69) is 0 Å². The van der Waals surface area contributed by atoms with Crippen molar-refractivity contribution in [1.82, 2.24) is 4.90 Å². The standard InChI is InChI=1S/C12H16IN3O3/c1-4-15(8-12(17)14(2)3)9-5-6-11(16(18)19)10(13)7-9/h5-7H,4,8H2,1-3H3. The molecular formula is C12H16IN3O3. The zero-order chi connectivity index (χ0) is 14.6. The van der Waals surface area contributed by atoms with Crippen molar-refractivity contribution in [3.8, 4) is 0 Å². The molecule has 0 atom stereocenters. The van der Waals surface area contributed by atoms with Crippen LogP contribution >= 0.6 is 22.6 Å². The van der Waals surface area contributed by atoms with Crippen molar-refractivity contribution in [3.05, 3.63) is 31.9 Å². The number of halogens is 1. The van der Waals surface area contributed by atoms with Crippen LogP contribution in [0.4, 0.5) is 11.4 Å². The lowest BCUT2D eigenvalue weighted by Gasteiger charge is -2.24. The minimum atomic E-state index is -0.410. The van der Waals surface area contributed by atoms with Crippen molar-refractivity contribution < 1.29 is 9.72 Å². The molecule has 104 valence electrons. The predicted octanol–water partition coefficient (Wildman–Crippen LogP) is 2.11. The molecule has 6 nitrogen and oxygen atoms in total. The van der Waals surface area contributed by atoms with Gasteiger partial charge < -0.3 is 9.80 Å². The summed E-state index contributed by atoms with van der Waals surface area (Å²) in [5, 5.41) is 10.8.